The fourth-order valence-electron chi connectivity index (χ4n) is 4.95. The number of carboxylic acid groups (broad SMARTS) is 1. The summed E-state index contributed by atoms with van der Waals surface area (Å²) in [4.78, 5) is 29.0. The van der Waals surface area contributed by atoms with Crippen molar-refractivity contribution in [1.29, 1.82) is 0 Å². The van der Waals surface area contributed by atoms with Crippen LogP contribution in [0.3, 0.4) is 0 Å². The molecule has 0 aliphatic heterocycles. The van der Waals surface area contributed by atoms with Gasteiger partial charge >= 0.3 is 6.09 Å². The van der Waals surface area contributed by atoms with E-state index in [4.69, 9.17) is 9.72 Å². The third-order valence-electron chi connectivity index (χ3n) is 7.31. The molecule has 0 radical (unpaired) electrons. The number of hydrogen-bond donors (Lipinski definition) is 3. The van der Waals surface area contributed by atoms with Crippen LogP contribution in [0.25, 0.3) is 0 Å². The van der Waals surface area contributed by atoms with Gasteiger partial charge in [-0.1, -0.05) is 84.9 Å². The topological polar surface area (TPSA) is 116 Å². The van der Waals surface area contributed by atoms with Gasteiger partial charge in [0.1, 0.15) is 29.3 Å². The van der Waals surface area contributed by atoms with Crippen LogP contribution in [0.1, 0.15) is 11.1 Å². The molecule has 0 spiro atoms. The summed E-state index contributed by atoms with van der Waals surface area (Å²) in [6, 6.07) is 40.7. The average molecular weight is 624 g/mol. The predicted molar refractivity (Wildman–Crippen MR) is 185 cm³/mol. The Morgan fingerprint density at radius 1 is 0.723 bits per heavy atom. The first kappa shape index (κ1) is 30.6. The second-order valence-electron chi connectivity index (χ2n) is 10.7. The summed E-state index contributed by atoms with van der Waals surface area (Å²) in [6.45, 7) is 1.16. The summed E-state index contributed by atoms with van der Waals surface area (Å²) in [6.07, 6.45) is 2.11. The fourth-order valence-corrected chi connectivity index (χ4v) is 4.95. The van der Waals surface area contributed by atoms with E-state index in [0.717, 1.165) is 16.0 Å². The summed E-state index contributed by atoms with van der Waals surface area (Å²) in [5, 5.41) is 16.4. The highest BCUT2D eigenvalue weighted by Gasteiger charge is 2.20. The molecular weight excluding hydrogens is 590 g/mol. The van der Waals surface area contributed by atoms with Gasteiger partial charge < -0.3 is 25.4 Å². The van der Waals surface area contributed by atoms with Crippen LogP contribution in [-0.2, 0) is 13.1 Å². The lowest BCUT2D eigenvalue weighted by Gasteiger charge is -2.27. The number of hydrogen-bond acceptors (Lipinski definition) is 8. The molecule has 0 aliphatic carbocycles. The van der Waals surface area contributed by atoms with Crippen molar-refractivity contribution in [2.45, 2.75) is 13.1 Å². The molecule has 0 saturated heterocycles. The lowest BCUT2D eigenvalue weighted by atomic mass is 10.1. The van der Waals surface area contributed by atoms with E-state index >= 15 is 0 Å². The number of ether oxygens (including phenoxy) is 1. The lowest BCUT2D eigenvalue weighted by molar-refractivity contribution is 0.203. The summed E-state index contributed by atoms with van der Waals surface area (Å²) in [5.74, 6) is 3.01. The molecule has 2 heterocycles. The van der Waals surface area contributed by atoms with Crippen molar-refractivity contribution in [3.8, 4) is 11.5 Å². The van der Waals surface area contributed by atoms with Crippen molar-refractivity contribution in [2.75, 3.05) is 27.5 Å². The van der Waals surface area contributed by atoms with Crippen molar-refractivity contribution < 1.29 is 14.6 Å². The number of para-hydroxylation sites is 1. The highest BCUT2D eigenvalue weighted by molar-refractivity contribution is 5.87. The molecule has 0 saturated carbocycles. The molecule has 6 rings (SSSR count). The molecule has 4 aromatic carbocycles. The van der Waals surface area contributed by atoms with Crippen LogP contribution in [0.4, 0.5) is 39.3 Å². The van der Waals surface area contributed by atoms with Gasteiger partial charge in [0, 0.05) is 31.5 Å². The average Bonchev–Trinajstić information content (AvgIpc) is 3.10. The van der Waals surface area contributed by atoms with Crippen molar-refractivity contribution in [3.63, 3.8) is 0 Å². The predicted octanol–water partition coefficient (Wildman–Crippen LogP) is 8.47. The number of anilines is 6. The molecule has 0 bridgehead atoms. The number of nitrogens with one attached hydrogen (secondary N) is 2. The molecule has 47 heavy (non-hydrogen) atoms. The Hall–Kier alpha value is -6.42. The number of benzene rings is 4. The van der Waals surface area contributed by atoms with Crippen LogP contribution < -0.4 is 25.2 Å². The van der Waals surface area contributed by atoms with E-state index in [2.05, 4.69) is 49.8 Å². The smallest absolute Gasteiger partial charge is 0.411 e. The van der Waals surface area contributed by atoms with E-state index in [1.807, 2.05) is 84.9 Å². The summed E-state index contributed by atoms with van der Waals surface area (Å²) in [5.41, 5.74) is 4.00. The van der Waals surface area contributed by atoms with E-state index in [0.29, 0.717) is 59.1 Å². The first-order valence-electron chi connectivity index (χ1n) is 15.0. The van der Waals surface area contributed by atoms with Gasteiger partial charge in [0.25, 0.3) is 0 Å². The van der Waals surface area contributed by atoms with Crippen LogP contribution in [-0.4, -0.2) is 33.2 Å². The molecule has 10 heteroatoms. The Labute approximate surface area is 273 Å². The highest BCUT2D eigenvalue weighted by atomic mass is 16.5. The van der Waals surface area contributed by atoms with Crippen molar-refractivity contribution in [3.05, 3.63) is 151 Å². The Kier molecular flexibility index (Phi) is 9.49. The maximum atomic E-state index is 11.6. The van der Waals surface area contributed by atoms with Crippen molar-refractivity contribution in [2.24, 2.45) is 0 Å². The molecule has 0 fully saturated rings. The van der Waals surface area contributed by atoms with Gasteiger partial charge in [-0.05, 0) is 53.6 Å². The largest absolute Gasteiger partial charge is 0.465 e. The van der Waals surface area contributed by atoms with Gasteiger partial charge in [-0.15, -0.1) is 0 Å². The summed E-state index contributed by atoms with van der Waals surface area (Å²) >= 11 is 0. The Morgan fingerprint density at radius 3 is 2.00 bits per heavy atom. The first-order chi connectivity index (χ1) is 23.0. The normalized spacial score (nSPS) is 10.6. The second-order valence-corrected chi connectivity index (χ2v) is 10.7. The second kappa shape index (κ2) is 14.6. The SMILES string of the molecule is CN(C(=O)O)c1cccc(Nc2ncnc(N(Cc3ccccc3)Cc3ccccc3)c2Nc2ccc(Oc3ccccc3)cn2)c1. The van der Waals surface area contributed by atoms with Crippen LogP contribution >= 0.6 is 0 Å². The van der Waals surface area contributed by atoms with Gasteiger partial charge in [-0.3, -0.25) is 4.90 Å². The molecule has 0 unspecified atom stereocenters. The van der Waals surface area contributed by atoms with Gasteiger partial charge in [0.2, 0.25) is 0 Å². The monoisotopic (exact) mass is 623 g/mol. The number of amides is 1. The van der Waals surface area contributed by atoms with Crippen LogP contribution in [0.5, 0.6) is 11.5 Å². The van der Waals surface area contributed by atoms with Crippen LogP contribution in [0.15, 0.2) is 140 Å². The van der Waals surface area contributed by atoms with E-state index in [9.17, 15) is 9.90 Å². The maximum absolute atomic E-state index is 11.6. The maximum Gasteiger partial charge on any atom is 0.411 e. The zero-order chi connectivity index (χ0) is 32.4. The zero-order valence-corrected chi connectivity index (χ0v) is 25.7. The van der Waals surface area contributed by atoms with Gasteiger partial charge in [-0.25, -0.2) is 19.7 Å². The van der Waals surface area contributed by atoms with E-state index in [-0.39, 0.29) is 0 Å². The third-order valence-corrected chi connectivity index (χ3v) is 7.31. The number of pyridine rings is 1. The van der Waals surface area contributed by atoms with E-state index < -0.39 is 6.09 Å². The van der Waals surface area contributed by atoms with Crippen molar-refractivity contribution >= 4 is 40.6 Å². The molecule has 3 N–H and O–H groups in total. The standard InChI is InChI=1S/C37H33N7O3/c1-43(37(45)46)30-17-11-16-29(22-30)41-35-34(42-33-21-20-32(23-38-33)47-31-18-9-4-10-19-31)36(40-26-39-35)44(24-27-12-5-2-6-13-27)25-28-14-7-3-8-15-28/h2-23,26H,24-25H2,1H3,(H,38,42)(H,45,46)(H,39,40,41). The van der Waals surface area contributed by atoms with Crippen LogP contribution in [0.2, 0.25) is 0 Å². The fraction of sp³-hybridized carbons (Fsp3) is 0.0811. The van der Waals surface area contributed by atoms with E-state index in [1.54, 1.807) is 24.4 Å². The summed E-state index contributed by atoms with van der Waals surface area (Å²) < 4.78 is 5.95. The first-order valence-corrected chi connectivity index (χ1v) is 15.0. The Balaban J connectivity index is 1.38. The molecule has 0 aliphatic rings. The van der Waals surface area contributed by atoms with Gasteiger partial charge in [-0.2, -0.15) is 0 Å². The molecule has 2 aromatic heterocycles. The van der Waals surface area contributed by atoms with Gasteiger partial charge in [0.15, 0.2) is 11.6 Å². The van der Waals surface area contributed by atoms with Crippen molar-refractivity contribution in [1.82, 2.24) is 15.0 Å². The van der Waals surface area contributed by atoms with Gasteiger partial charge in [0.05, 0.1) is 6.20 Å². The third kappa shape index (κ3) is 8.00. The molecule has 0 atom stereocenters. The Morgan fingerprint density at radius 2 is 1.38 bits per heavy atom. The quantitative estimate of drug-likeness (QED) is 0.123. The molecule has 10 nitrogen and oxygen atoms in total. The summed E-state index contributed by atoms with van der Waals surface area (Å²) in [7, 11) is 1.50. The molecular formula is C37H33N7O3. The number of carbonyl (C=O) groups is 1. The minimum Gasteiger partial charge on any atom is -0.465 e. The minimum atomic E-state index is -1.06. The number of rotatable bonds is 12. The lowest BCUT2D eigenvalue weighted by Crippen LogP contribution is -2.25. The molecule has 1 amide bonds. The zero-order valence-electron chi connectivity index (χ0n) is 25.7. The van der Waals surface area contributed by atoms with E-state index in [1.165, 1.54) is 13.4 Å². The minimum absolute atomic E-state index is 0.489. The number of nitrogens with zero attached hydrogens (tertiary/aromatic N) is 5. The molecule has 6 aromatic rings. The Bertz CT molecular complexity index is 1870. The molecule has 234 valence electrons. The number of aromatic nitrogens is 3. The van der Waals surface area contributed by atoms with Crippen LogP contribution in [0, 0.1) is 0 Å². The highest BCUT2D eigenvalue weighted by Crippen LogP contribution is 2.36.